The first kappa shape index (κ1) is 14.6. The van der Waals surface area contributed by atoms with Crippen LogP contribution in [-0.4, -0.2) is 34.4 Å². The Labute approximate surface area is 121 Å². The minimum absolute atomic E-state index is 0.0473. The lowest BCUT2D eigenvalue weighted by atomic mass is 10.1. The van der Waals surface area contributed by atoms with Crippen molar-refractivity contribution in [3.05, 3.63) is 40.6 Å². The zero-order valence-corrected chi connectivity index (χ0v) is 11.8. The van der Waals surface area contributed by atoms with Crippen molar-refractivity contribution in [2.75, 3.05) is 13.2 Å². The number of nitrogens with zero attached hydrogens (tertiary/aromatic N) is 1. The van der Waals surface area contributed by atoms with E-state index in [0.717, 1.165) is 5.76 Å². The van der Waals surface area contributed by atoms with E-state index in [1.807, 2.05) is 6.07 Å². The molecule has 20 heavy (non-hydrogen) atoms. The molecule has 2 aromatic rings. The molecular weight excluding hydrogens is 282 g/mol. The van der Waals surface area contributed by atoms with E-state index in [0.29, 0.717) is 23.7 Å². The highest BCUT2D eigenvalue weighted by Crippen LogP contribution is 2.17. The smallest absolute Gasteiger partial charge is 0.273 e. The second kappa shape index (κ2) is 6.58. The molecule has 0 aromatic carbocycles. The number of aryl methyl sites for hydroxylation is 1. The summed E-state index contributed by atoms with van der Waals surface area (Å²) in [6.07, 6.45) is 2.13. The first-order valence-corrected chi connectivity index (χ1v) is 6.61. The number of H-pyrrole nitrogens is 1. The number of halogens is 1. The van der Waals surface area contributed by atoms with Crippen LogP contribution < -0.4 is 5.32 Å². The molecule has 0 saturated carbocycles. The maximum Gasteiger partial charge on any atom is 0.273 e. The van der Waals surface area contributed by atoms with Crippen LogP contribution in [0.15, 0.2) is 22.8 Å². The molecule has 0 saturated heterocycles. The highest BCUT2D eigenvalue weighted by atomic mass is 35.5. The Kier molecular flexibility index (Phi) is 4.81. The summed E-state index contributed by atoms with van der Waals surface area (Å²) in [5.74, 6) is 0.285. The zero-order chi connectivity index (χ0) is 14.5. The van der Waals surface area contributed by atoms with Crippen LogP contribution in [0.3, 0.4) is 0 Å². The zero-order valence-electron chi connectivity index (χ0n) is 11.0. The van der Waals surface area contributed by atoms with Crippen molar-refractivity contribution in [3.63, 3.8) is 0 Å². The second-order valence-corrected chi connectivity index (χ2v) is 4.93. The summed E-state index contributed by atoms with van der Waals surface area (Å²) in [4.78, 5) is 11.9. The van der Waals surface area contributed by atoms with E-state index in [4.69, 9.17) is 16.0 Å². The molecule has 2 heterocycles. The summed E-state index contributed by atoms with van der Waals surface area (Å²) in [6, 6.07) is 3.62. The van der Waals surface area contributed by atoms with Crippen molar-refractivity contribution in [2.24, 2.45) is 5.92 Å². The minimum Gasteiger partial charge on any atom is -0.469 e. The van der Waals surface area contributed by atoms with Crippen LogP contribution in [0, 0.1) is 12.8 Å². The number of hydrogen-bond donors (Lipinski definition) is 3. The van der Waals surface area contributed by atoms with Crippen molar-refractivity contribution in [1.29, 1.82) is 0 Å². The van der Waals surface area contributed by atoms with Crippen molar-refractivity contribution in [3.8, 4) is 0 Å². The second-order valence-electron chi connectivity index (χ2n) is 4.55. The van der Waals surface area contributed by atoms with Gasteiger partial charge in [0.2, 0.25) is 0 Å². The third-order valence-corrected chi connectivity index (χ3v) is 3.43. The van der Waals surface area contributed by atoms with E-state index >= 15 is 0 Å². The molecule has 2 rings (SSSR count). The van der Waals surface area contributed by atoms with Crippen LogP contribution in [0.1, 0.15) is 21.9 Å². The third-order valence-electron chi connectivity index (χ3n) is 2.97. The molecule has 0 bridgehead atoms. The first-order chi connectivity index (χ1) is 9.61. The van der Waals surface area contributed by atoms with Gasteiger partial charge in [-0.2, -0.15) is 5.10 Å². The van der Waals surface area contributed by atoms with E-state index in [9.17, 15) is 9.90 Å². The molecule has 0 aliphatic rings. The number of hydrogen-bond acceptors (Lipinski definition) is 4. The number of aromatic nitrogens is 2. The molecule has 2 aromatic heterocycles. The van der Waals surface area contributed by atoms with E-state index in [2.05, 4.69) is 15.5 Å². The fourth-order valence-electron chi connectivity index (χ4n) is 1.80. The van der Waals surface area contributed by atoms with Crippen LogP contribution >= 0.6 is 11.6 Å². The number of aromatic amines is 1. The van der Waals surface area contributed by atoms with Gasteiger partial charge in [0.15, 0.2) is 5.69 Å². The van der Waals surface area contributed by atoms with Gasteiger partial charge in [0.05, 0.1) is 17.0 Å². The van der Waals surface area contributed by atoms with E-state index in [-0.39, 0.29) is 24.1 Å². The molecular formula is C13H16ClN3O3. The molecule has 108 valence electrons. The molecule has 1 amide bonds. The van der Waals surface area contributed by atoms with Crippen LogP contribution in [0.25, 0.3) is 0 Å². The van der Waals surface area contributed by atoms with Crippen molar-refractivity contribution < 1.29 is 14.3 Å². The summed E-state index contributed by atoms with van der Waals surface area (Å²) in [7, 11) is 0. The molecule has 0 aliphatic carbocycles. The third kappa shape index (κ3) is 3.40. The molecule has 0 spiro atoms. The normalized spacial score (nSPS) is 12.3. The molecule has 0 fully saturated rings. The summed E-state index contributed by atoms with van der Waals surface area (Å²) >= 11 is 5.95. The number of furan rings is 1. The SMILES string of the molecule is Cc1[nH]nc(C(=O)NCC(CO)Cc2ccco2)c1Cl. The van der Waals surface area contributed by atoms with Gasteiger partial charge in [-0.05, 0) is 19.1 Å². The van der Waals surface area contributed by atoms with Gasteiger partial charge in [-0.25, -0.2) is 0 Å². The highest BCUT2D eigenvalue weighted by Gasteiger charge is 2.18. The monoisotopic (exact) mass is 297 g/mol. The molecule has 1 unspecified atom stereocenters. The molecule has 7 heteroatoms. The van der Waals surface area contributed by atoms with Crippen LogP contribution in [-0.2, 0) is 6.42 Å². The Balaban J connectivity index is 1.90. The van der Waals surface area contributed by atoms with Gasteiger partial charge < -0.3 is 14.8 Å². The summed E-state index contributed by atoms with van der Waals surface area (Å²) in [6.45, 7) is 2.01. The largest absolute Gasteiger partial charge is 0.469 e. The standard InChI is InChI=1S/C13H16ClN3O3/c1-8-11(14)12(17-16-8)13(19)15-6-9(7-18)5-10-3-2-4-20-10/h2-4,9,18H,5-7H2,1H3,(H,15,19)(H,16,17). The number of rotatable bonds is 6. The number of aliphatic hydroxyl groups is 1. The van der Waals surface area contributed by atoms with Gasteiger partial charge in [-0.3, -0.25) is 9.89 Å². The minimum atomic E-state index is -0.364. The number of carbonyl (C=O) groups excluding carboxylic acids is 1. The Hall–Kier alpha value is -1.79. The quantitative estimate of drug-likeness (QED) is 0.754. The number of amides is 1. The van der Waals surface area contributed by atoms with E-state index in [1.165, 1.54) is 0 Å². The van der Waals surface area contributed by atoms with Crippen LogP contribution in [0.5, 0.6) is 0 Å². The summed E-state index contributed by atoms with van der Waals surface area (Å²) in [5.41, 5.74) is 0.810. The van der Waals surface area contributed by atoms with Gasteiger partial charge in [0.25, 0.3) is 5.91 Å². The Morgan fingerprint density at radius 3 is 3.00 bits per heavy atom. The maximum atomic E-state index is 11.9. The Morgan fingerprint density at radius 1 is 1.65 bits per heavy atom. The van der Waals surface area contributed by atoms with Gasteiger partial charge in [0, 0.05) is 25.5 Å². The molecule has 0 radical (unpaired) electrons. The predicted octanol–water partition coefficient (Wildman–Crippen LogP) is 1.55. The average molecular weight is 298 g/mol. The Bertz CT molecular complexity index is 565. The van der Waals surface area contributed by atoms with Gasteiger partial charge in [-0.1, -0.05) is 11.6 Å². The van der Waals surface area contributed by atoms with Gasteiger partial charge >= 0.3 is 0 Å². The lowest BCUT2D eigenvalue weighted by Crippen LogP contribution is -2.32. The van der Waals surface area contributed by atoms with Crippen molar-refractivity contribution >= 4 is 17.5 Å². The van der Waals surface area contributed by atoms with Crippen LogP contribution in [0.2, 0.25) is 5.02 Å². The van der Waals surface area contributed by atoms with Gasteiger partial charge in [-0.15, -0.1) is 0 Å². The van der Waals surface area contributed by atoms with Crippen molar-refractivity contribution in [1.82, 2.24) is 15.5 Å². The number of aliphatic hydroxyl groups excluding tert-OH is 1. The molecule has 6 nitrogen and oxygen atoms in total. The van der Waals surface area contributed by atoms with Crippen molar-refractivity contribution in [2.45, 2.75) is 13.3 Å². The van der Waals surface area contributed by atoms with E-state index in [1.54, 1.807) is 19.3 Å². The lowest BCUT2D eigenvalue weighted by Gasteiger charge is -2.13. The van der Waals surface area contributed by atoms with E-state index < -0.39 is 0 Å². The fourth-order valence-corrected chi connectivity index (χ4v) is 1.97. The van der Waals surface area contributed by atoms with Gasteiger partial charge in [0.1, 0.15) is 5.76 Å². The predicted molar refractivity (Wildman–Crippen MR) is 73.7 cm³/mol. The molecule has 0 aliphatic heterocycles. The van der Waals surface area contributed by atoms with Crippen LogP contribution in [0.4, 0.5) is 0 Å². The topological polar surface area (TPSA) is 91.2 Å². The molecule has 1 atom stereocenters. The number of carbonyl (C=O) groups is 1. The highest BCUT2D eigenvalue weighted by molar-refractivity contribution is 6.34. The molecule has 3 N–H and O–H groups in total. The lowest BCUT2D eigenvalue weighted by molar-refractivity contribution is 0.0934. The summed E-state index contributed by atoms with van der Waals surface area (Å²) < 4.78 is 5.22. The average Bonchev–Trinajstić information content (AvgIpc) is 3.06. The fraction of sp³-hybridized carbons (Fsp3) is 0.385. The Morgan fingerprint density at radius 2 is 2.45 bits per heavy atom. The number of nitrogens with one attached hydrogen (secondary N) is 2. The first-order valence-electron chi connectivity index (χ1n) is 6.23. The summed E-state index contributed by atoms with van der Waals surface area (Å²) in [5, 5.41) is 18.8. The maximum absolute atomic E-state index is 11.9.